The number of fused-ring (bicyclic) bond motifs is 3. The molecule has 0 fully saturated rings. The second-order valence-electron chi connectivity index (χ2n) is 7.55. The molecule has 0 aliphatic rings. The van der Waals surface area contributed by atoms with Gasteiger partial charge in [0.1, 0.15) is 17.0 Å². The van der Waals surface area contributed by atoms with Crippen molar-refractivity contribution >= 4 is 27.5 Å². The topological polar surface area (TPSA) is 88.0 Å². The number of anilines is 1. The Hall–Kier alpha value is -4.13. The molecule has 2 aromatic carbocycles. The summed E-state index contributed by atoms with van der Waals surface area (Å²) in [6.07, 6.45) is 1.74. The third-order valence-electron chi connectivity index (χ3n) is 5.33. The van der Waals surface area contributed by atoms with Crippen molar-refractivity contribution in [2.24, 2.45) is 7.05 Å². The Balaban J connectivity index is 1.58. The zero-order valence-electron chi connectivity index (χ0n) is 17.2. The zero-order chi connectivity index (χ0) is 21.5. The van der Waals surface area contributed by atoms with Gasteiger partial charge >= 0.3 is 0 Å². The third kappa shape index (κ3) is 3.40. The first-order valence-corrected chi connectivity index (χ1v) is 9.94. The van der Waals surface area contributed by atoms with E-state index >= 15 is 0 Å². The molecule has 31 heavy (non-hydrogen) atoms. The number of rotatable bonds is 4. The van der Waals surface area contributed by atoms with Crippen LogP contribution in [0.2, 0.25) is 0 Å². The molecule has 3 aromatic heterocycles. The molecular weight excluding hydrogens is 390 g/mol. The Bertz CT molecular complexity index is 1500. The van der Waals surface area contributed by atoms with Gasteiger partial charge in [-0.05, 0) is 43.3 Å². The minimum absolute atomic E-state index is 0.155. The number of hydrogen-bond donors (Lipinski definition) is 1. The normalized spacial score (nSPS) is 11.3. The summed E-state index contributed by atoms with van der Waals surface area (Å²) in [5, 5.41) is 6.16. The molecule has 0 atom stereocenters. The van der Waals surface area contributed by atoms with Crippen LogP contribution >= 0.6 is 0 Å². The van der Waals surface area contributed by atoms with Crippen LogP contribution in [0.1, 0.15) is 11.4 Å². The smallest absolute Gasteiger partial charge is 0.291 e. The first-order chi connectivity index (χ1) is 15.0. The Morgan fingerprint density at radius 2 is 1.81 bits per heavy atom. The number of nitrogens with two attached hydrogens (primary N) is 1. The van der Waals surface area contributed by atoms with Crippen LogP contribution in [-0.4, -0.2) is 19.3 Å². The van der Waals surface area contributed by atoms with Crippen LogP contribution in [0.25, 0.3) is 21.8 Å². The lowest BCUT2D eigenvalue weighted by Gasteiger charge is -2.07. The predicted octanol–water partition coefficient (Wildman–Crippen LogP) is 4.01. The summed E-state index contributed by atoms with van der Waals surface area (Å²) in [5.41, 5.74) is 9.51. The summed E-state index contributed by atoms with van der Waals surface area (Å²) < 4.78 is 9.30. The van der Waals surface area contributed by atoms with Gasteiger partial charge in [0, 0.05) is 41.3 Å². The molecule has 7 nitrogen and oxygen atoms in total. The zero-order valence-corrected chi connectivity index (χ0v) is 17.2. The van der Waals surface area contributed by atoms with E-state index in [1.54, 1.807) is 12.3 Å². The molecule has 7 heteroatoms. The highest BCUT2D eigenvalue weighted by Crippen LogP contribution is 2.31. The maximum Gasteiger partial charge on any atom is 0.291 e. The molecule has 0 radical (unpaired) electrons. The lowest BCUT2D eigenvalue weighted by Crippen LogP contribution is -2.24. The average molecular weight is 411 g/mol. The van der Waals surface area contributed by atoms with Crippen LogP contribution in [-0.2, 0) is 13.6 Å². The van der Waals surface area contributed by atoms with E-state index in [2.05, 4.69) is 10.1 Å². The van der Waals surface area contributed by atoms with Crippen molar-refractivity contribution < 1.29 is 4.74 Å². The fourth-order valence-corrected chi connectivity index (χ4v) is 3.87. The number of benzene rings is 2. The van der Waals surface area contributed by atoms with E-state index < -0.39 is 0 Å². The van der Waals surface area contributed by atoms with Gasteiger partial charge in [0.05, 0.1) is 24.0 Å². The molecule has 0 aliphatic carbocycles. The Morgan fingerprint density at radius 3 is 2.61 bits per heavy atom. The minimum atomic E-state index is -0.155. The summed E-state index contributed by atoms with van der Waals surface area (Å²) in [7, 11) is 1.88. The summed E-state index contributed by atoms with van der Waals surface area (Å²) >= 11 is 0. The molecule has 3 heterocycles. The summed E-state index contributed by atoms with van der Waals surface area (Å²) in [4.78, 5) is 17.7. The molecule has 0 unspecified atom stereocenters. The van der Waals surface area contributed by atoms with Gasteiger partial charge in [0.25, 0.3) is 5.56 Å². The fraction of sp³-hybridized carbons (Fsp3) is 0.125. The monoisotopic (exact) mass is 411 g/mol. The molecule has 154 valence electrons. The minimum Gasteiger partial charge on any atom is -0.457 e. The number of nitrogen functional groups attached to an aromatic ring is 1. The molecule has 5 rings (SSSR count). The highest BCUT2D eigenvalue weighted by atomic mass is 16.5. The average Bonchev–Trinajstić information content (AvgIpc) is 3.02. The van der Waals surface area contributed by atoms with E-state index in [9.17, 15) is 4.79 Å². The van der Waals surface area contributed by atoms with E-state index in [1.807, 2.05) is 73.1 Å². The molecule has 0 amide bonds. The SMILES string of the molecule is Cc1cccc(Cn2ncc3c4ccc(Oc5cccc(N)c5)cc4n(C)c3c2=O)n1. The summed E-state index contributed by atoms with van der Waals surface area (Å²) in [6, 6.07) is 18.8. The van der Waals surface area contributed by atoms with Crippen LogP contribution in [0.5, 0.6) is 11.5 Å². The van der Waals surface area contributed by atoms with Crippen LogP contribution in [0.3, 0.4) is 0 Å². The molecule has 0 saturated carbocycles. The Kier molecular flexibility index (Phi) is 4.43. The molecule has 0 saturated heterocycles. The highest BCUT2D eigenvalue weighted by molar-refractivity contribution is 6.07. The van der Waals surface area contributed by atoms with Crippen LogP contribution in [0.15, 0.2) is 71.7 Å². The van der Waals surface area contributed by atoms with Crippen LogP contribution in [0, 0.1) is 6.92 Å². The molecule has 0 spiro atoms. The largest absolute Gasteiger partial charge is 0.457 e. The maximum absolute atomic E-state index is 13.2. The molecule has 0 bridgehead atoms. The number of aromatic nitrogens is 4. The highest BCUT2D eigenvalue weighted by Gasteiger charge is 2.15. The predicted molar refractivity (Wildman–Crippen MR) is 121 cm³/mol. The van der Waals surface area contributed by atoms with Gasteiger partial charge in [-0.15, -0.1) is 0 Å². The van der Waals surface area contributed by atoms with E-state index in [4.69, 9.17) is 10.5 Å². The van der Waals surface area contributed by atoms with Gasteiger partial charge in [-0.2, -0.15) is 5.10 Å². The van der Waals surface area contributed by atoms with Gasteiger partial charge in [-0.1, -0.05) is 12.1 Å². The van der Waals surface area contributed by atoms with Crippen molar-refractivity contribution in [2.45, 2.75) is 13.5 Å². The van der Waals surface area contributed by atoms with Crippen molar-refractivity contribution in [3.63, 3.8) is 0 Å². The first-order valence-electron chi connectivity index (χ1n) is 9.94. The number of ether oxygens (including phenoxy) is 1. The molecule has 5 aromatic rings. The van der Waals surface area contributed by atoms with Gasteiger partial charge in [-0.3, -0.25) is 9.78 Å². The summed E-state index contributed by atoms with van der Waals surface area (Å²) in [6.45, 7) is 2.25. The van der Waals surface area contributed by atoms with Gasteiger partial charge in [0.15, 0.2) is 0 Å². The number of pyridine rings is 1. The lowest BCUT2D eigenvalue weighted by molar-refractivity contribution is 0.483. The number of nitrogens with zero attached hydrogens (tertiary/aromatic N) is 4. The Morgan fingerprint density at radius 1 is 1.00 bits per heavy atom. The standard InChI is InChI=1S/C24H21N5O2/c1-15-5-3-7-17(27-15)14-29-24(30)23-21(13-26-29)20-10-9-19(12-22(20)28(23)2)31-18-8-4-6-16(25)11-18/h3-13H,14,25H2,1-2H3. The van der Waals surface area contributed by atoms with Crippen molar-refractivity contribution in [3.8, 4) is 11.5 Å². The van der Waals surface area contributed by atoms with Gasteiger partial charge in [0.2, 0.25) is 0 Å². The molecule has 0 aliphatic heterocycles. The molecular formula is C24H21N5O2. The van der Waals surface area contributed by atoms with E-state index in [0.717, 1.165) is 27.7 Å². The van der Waals surface area contributed by atoms with Crippen molar-refractivity contribution in [3.05, 3.63) is 88.6 Å². The number of aryl methyl sites for hydroxylation is 2. The van der Waals surface area contributed by atoms with Gasteiger partial charge in [-0.25, -0.2) is 4.68 Å². The third-order valence-corrected chi connectivity index (χ3v) is 5.33. The second kappa shape index (κ2) is 7.28. The van der Waals surface area contributed by atoms with E-state index in [1.165, 1.54) is 4.68 Å². The summed E-state index contributed by atoms with van der Waals surface area (Å²) in [5.74, 6) is 1.33. The van der Waals surface area contributed by atoms with Crippen LogP contribution < -0.4 is 16.0 Å². The first kappa shape index (κ1) is 18.9. The lowest BCUT2D eigenvalue weighted by atomic mass is 10.2. The van der Waals surface area contributed by atoms with Crippen molar-refractivity contribution in [1.82, 2.24) is 19.3 Å². The fourth-order valence-electron chi connectivity index (χ4n) is 3.87. The van der Waals surface area contributed by atoms with Crippen molar-refractivity contribution in [1.29, 1.82) is 0 Å². The quantitative estimate of drug-likeness (QED) is 0.452. The van der Waals surface area contributed by atoms with Crippen molar-refractivity contribution in [2.75, 3.05) is 5.73 Å². The van der Waals surface area contributed by atoms with Crippen LogP contribution in [0.4, 0.5) is 5.69 Å². The second-order valence-corrected chi connectivity index (χ2v) is 7.55. The van der Waals surface area contributed by atoms with E-state index in [-0.39, 0.29) is 5.56 Å². The van der Waals surface area contributed by atoms with E-state index in [0.29, 0.717) is 29.2 Å². The Labute approximate surface area is 178 Å². The van der Waals surface area contributed by atoms with Gasteiger partial charge < -0.3 is 15.0 Å². The number of hydrogen-bond acceptors (Lipinski definition) is 5. The maximum atomic E-state index is 13.2. The molecule has 2 N–H and O–H groups in total.